The Morgan fingerprint density at radius 1 is 1.27 bits per heavy atom. The van der Waals surface area contributed by atoms with Gasteiger partial charge in [-0.25, -0.2) is 0 Å². The normalized spacial score (nSPS) is 32.7. The molecule has 2 unspecified atom stereocenters. The van der Waals surface area contributed by atoms with Crippen LogP contribution < -0.4 is 0 Å². The van der Waals surface area contributed by atoms with Gasteiger partial charge in [-0.3, -0.25) is 4.79 Å². The topological polar surface area (TPSA) is 26.3 Å². The van der Waals surface area contributed by atoms with Crippen LogP contribution in [0.2, 0.25) is 0 Å². The van der Waals surface area contributed by atoms with Crippen LogP contribution in [-0.4, -0.2) is 12.1 Å². The summed E-state index contributed by atoms with van der Waals surface area (Å²) in [6, 6.07) is 0. The average Bonchev–Trinajstić information content (AvgIpc) is 2.28. The van der Waals surface area contributed by atoms with Crippen LogP contribution in [0, 0.1) is 16.7 Å². The molecule has 88 valence electrons. The van der Waals surface area contributed by atoms with Crippen LogP contribution in [-0.2, 0) is 9.53 Å². The maximum absolute atomic E-state index is 11.4. The molecule has 1 rings (SSSR count). The quantitative estimate of drug-likeness (QED) is 0.656. The number of rotatable bonds is 2. The Hall–Kier alpha value is -0.530. The minimum Gasteiger partial charge on any atom is -0.462 e. The SMILES string of the molecule is CCC(=O)OC1CC(C)C(C)(C)C1(C)C. The molecule has 1 saturated carbocycles. The Labute approximate surface area is 93.4 Å². The number of carbonyl (C=O) groups is 1. The molecule has 1 fully saturated rings. The van der Waals surface area contributed by atoms with Crippen LogP contribution in [0.4, 0.5) is 0 Å². The molecule has 0 saturated heterocycles. The van der Waals surface area contributed by atoms with Gasteiger partial charge in [0, 0.05) is 11.8 Å². The van der Waals surface area contributed by atoms with Crippen molar-refractivity contribution in [3.63, 3.8) is 0 Å². The van der Waals surface area contributed by atoms with Crippen molar-refractivity contribution in [3.8, 4) is 0 Å². The van der Waals surface area contributed by atoms with E-state index in [2.05, 4.69) is 34.6 Å². The third-order valence-electron chi connectivity index (χ3n) is 4.83. The van der Waals surface area contributed by atoms with Gasteiger partial charge in [0.25, 0.3) is 0 Å². The van der Waals surface area contributed by atoms with E-state index in [-0.39, 0.29) is 22.9 Å². The summed E-state index contributed by atoms with van der Waals surface area (Å²) in [5.74, 6) is 0.528. The van der Waals surface area contributed by atoms with Crippen LogP contribution in [0.5, 0.6) is 0 Å². The Morgan fingerprint density at radius 3 is 2.13 bits per heavy atom. The minimum atomic E-state index is -0.0713. The number of hydrogen-bond donors (Lipinski definition) is 0. The maximum atomic E-state index is 11.4. The van der Waals surface area contributed by atoms with E-state index in [1.165, 1.54) is 0 Å². The molecule has 0 spiro atoms. The summed E-state index contributed by atoms with van der Waals surface area (Å²) < 4.78 is 5.54. The molecule has 0 amide bonds. The average molecular weight is 212 g/mol. The van der Waals surface area contributed by atoms with Crippen molar-refractivity contribution in [1.29, 1.82) is 0 Å². The molecule has 2 atom stereocenters. The smallest absolute Gasteiger partial charge is 0.305 e. The summed E-state index contributed by atoms with van der Waals surface area (Å²) in [5.41, 5.74) is 0.295. The molecule has 2 nitrogen and oxygen atoms in total. The number of carbonyl (C=O) groups excluding carboxylic acids is 1. The maximum Gasteiger partial charge on any atom is 0.305 e. The Kier molecular flexibility index (Phi) is 3.18. The van der Waals surface area contributed by atoms with Crippen molar-refractivity contribution < 1.29 is 9.53 Å². The first-order valence-corrected chi connectivity index (χ1v) is 5.93. The van der Waals surface area contributed by atoms with E-state index in [4.69, 9.17) is 4.74 Å². The minimum absolute atomic E-state index is 0.0667. The second kappa shape index (κ2) is 3.80. The molecule has 0 radical (unpaired) electrons. The van der Waals surface area contributed by atoms with Crippen molar-refractivity contribution in [2.24, 2.45) is 16.7 Å². The predicted octanol–water partition coefficient (Wildman–Crippen LogP) is 3.40. The number of ether oxygens (including phenoxy) is 1. The van der Waals surface area contributed by atoms with Gasteiger partial charge in [0.15, 0.2) is 0 Å². The van der Waals surface area contributed by atoms with Gasteiger partial charge in [-0.05, 0) is 17.8 Å². The van der Waals surface area contributed by atoms with E-state index in [0.29, 0.717) is 12.3 Å². The predicted molar refractivity (Wildman–Crippen MR) is 61.5 cm³/mol. The zero-order valence-electron chi connectivity index (χ0n) is 10.9. The molecular weight excluding hydrogens is 188 g/mol. The van der Waals surface area contributed by atoms with Gasteiger partial charge in [-0.2, -0.15) is 0 Å². The zero-order valence-corrected chi connectivity index (χ0v) is 10.9. The Balaban J connectivity index is 2.82. The first-order chi connectivity index (χ1) is 6.73. The van der Waals surface area contributed by atoms with Gasteiger partial charge in [0.2, 0.25) is 0 Å². The fourth-order valence-electron chi connectivity index (χ4n) is 2.40. The Bertz CT molecular complexity index is 253. The number of hydrogen-bond acceptors (Lipinski definition) is 2. The van der Waals surface area contributed by atoms with Gasteiger partial charge >= 0.3 is 5.97 Å². The molecule has 15 heavy (non-hydrogen) atoms. The highest BCUT2D eigenvalue weighted by Crippen LogP contribution is 2.56. The summed E-state index contributed by atoms with van der Waals surface area (Å²) in [7, 11) is 0. The van der Waals surface area contributed by atoms with Crippen molar-refractivity contribution in [2.75, 3.05) is 0 Å². The van der Waals surface area contributed by atoms with Gasteiger partial charge in [-0.15, -0.1) is 0 Å². The van der Waals surface area contributed by atoms with E-state index in [1.807, 2.05) is 6.92 Å². The summed E-state index contributed by atoms with van der Waals surface area (Å²) in [6.07, 6.45) is 1.54. The van der Waals surface area contributed by atoms with Crippen LogP contribution in [0.1, 0.15) is 54.4 Å². The summed E-state index contributed by atoms with van der Waals surface area (Å²) in [5, 5.41) is 0. The highest BCUT2D eigenvalue weighted by Gasteiger charge is 2.54. The van der Waals surface area contributed by atoms with E-state index in [1.54, 1.807) is 0 Å². The van der Waals surface area contributed by atoms with E-state index < -0.39 is 0 Å². The monoisotopic (exact) mass is 212 g/mol. The molecule has 0 N–H and O–H groups in total. The molecule has 0 heterocycles. The molecule has 1 aliphatic rings. The first-order valence-electron chi connectivity index (χ1n) is 5.93. The van der Waals surface area contributed by atoms with Gasteiger partial charge < -0.3 is 4.74 Å². The highest BCUT2D eigenvalue weighted by atomic mass is 16.5. The summed E-state index contributed by atoms with van der Waals surface area (Å²) in [4.78, 5) is 11.4. The second-order valence-corrected chi connectivity index (χ2v) is 5.91. The lowest BCUT2D eigenvalue weighted by molar-refractivity contribution is -0.155. The largest absolute Gasteiger partial charge is 0.462 e. The summed E-state index contributed by atoms with van der Waals surface area (Å²) >= 11 is 0. The third-order valence-corrected chi connectivity index (χ3v) is 4.83. The molecule has 2 heteroatoms. The van der Waals surface area contributed by atoms with Crippen LogP contribution in [0.3, 0.4) is 0 Å². The first kappa shape index (κ1) is 12.5. The summed E-state index contributed by atoms with van der Waals surface area (Å²) in [6.45, 7) is 13.1. The molecule has 1 aliphatic carbocycles. The van der Waals surface area contributed by atoms with E-state index in [0.717, 1.165) is 6.42 Å². The van der Waals surface area contributed by atoms with Crippen molar-refractivity contribution >= 4 is 5.97 Å². The van der Waals surface area contributed by atoms with Gasteiger partial charge in [-0.1, -0.05) is 41.5 Å². The van der Waals surface area contributed by atoms with Gasteiger partial charge in [0.1, 0.15) is 6.10 Å². The fourth-order valence-corrected chi connectivity index (χ4v) is 2.40. The lowest BCUT2D eigenvalue weighted by atomic mass is 9.67. The van der Waals surface area contributed by atoms with Crippen LogP contribution in [0.25, 0.3) is 0 Å². The highest BCUT2D eigenvalue weighted by molar-refractivity contribution is 5.69. The number of esters is 1. The van der Waals surface area contributed by atoms with Crippen molar-refractivity contribution in [3.05, 3.63) is 0 Å². The molecule has 0 aromatic carbocycles. The molecule has 0 aliphatic heterocycles. The third kappa shape index (κ3) is 1.91. The van der Waals surface area contributed by atoms with Crippen molar-refractivity contribution in [2.45, 2.75) is 60.5 Å². The van der Waals surface area contributed by atoms with Crippen LogP contribution >= 0.6 is 0 Å². The lowest BCUT2D eigenvalue weighted by Crippen LogP contribution is -2.38. The zero-order chi connectivity index (χ0) is 11.9. The van der Waals surface area contributed by atoms with Crippen molar-refractivity contribution in [1.82, 2.24) is 0 Å². The van der Waals surface area contributed by atoms with Crippen LogP contribution in [0.15, 0.2) is 0 Å². The fraction of sp³-hybridized carbons (Fsp3) is 0.923. The molecule has 0 aromatic heterocycles. The molecule has 0 aromatic rings. The lowest BCUT2D eigenvalue weighted by Gasteiger charge is -2.40. The Morgan fingerprint density at radius 2 is 1.80 bits per heavy atom. The standard InChI is InChI=1S/C13H24O2/c1-7-11(14)15-10-8-9(2)12(3,4)13(10,5)6/h9-10H,7-8H2,1-6H3. The molecule has 0 bridgehead atoms. The molecular formula is C13H24O2. The second-order valence-electron chi connectivity index (χ2n) is 5.91. The van der Waals surface area contributed by atoms with Gasteiger partial charge in [0.05, 0.1) is 0 Å². The van der Waals surface area contributed by atoms with E-state index in [9.17, 15) is 4.79 Å². The van der Waals surface area contributed by atoms with E-state index >= 15 is 0 Å².